The molecule has 0 unspecified atom stereocenters. The quantitative estimate of drug-likeness (QED) is 0.630. The van der Waals surface area contributed by atoms with Crippen LogP contribution >= 0.6 is 11.8 Å². The molecule has 0 saturated heterocycles. The van der Waals surface area contributed by atoms with Gasteiger partial charge in [-0.1, -0.05) is 24.3 Å². The molecule has 0 N–H and O–H groups in total. The fraction of sp³-hybridized carbons (Fsp3) is 0.400. The fourth-order valence-corrected chi connectivity index (χ4v) is 3.84. The molecule has 0 amide bonds. The van der Waals surface area contributed by atoms with Crippen LogP contribution in [-0.4, -0.2) is 19.8 Å². The van der Waals surface area contributed by atoms with Crippen LogP contribution in [0.25, 0.3) is 0 Å². The van der Waals surface area contributed by atoms with Crippen molar-refractivity contribution >= 4 is 11.8 Å². The van der Waals surface area contributed by atoms with Crippen molar-refractivity contribution in [2.75, 3.05) is 13.7 Å². The van der Waals surface area contributed by atoms with Crippen molar-refractivity contribution in [3.05, 3.63) is 59.7 Å². The Bertz CT molecular complexity index is 648. The summed E-state index contributed by atoms with van der Waals surface area (Å²) < 4.78 is 25.4. The summed E-state index contributed by atoms with van der Waals surface area (Å²) >= 11 is 1.75. The van der Waals surface area contributed by atoms with Crippen LogP contribution in [0, 0.1) is 0 Å². The first-order chi connectivity index (χ1) is 11.6. The second kappa shape index (κ2) is 7.58. The minimum absolute atomic E-state index is 0.0733. The lowest BCUT2D eigenvalue weighted by Gasteiger charge is -2.41. The number of halogens is 1. The molecule has 24 heavy (non-hydrogen) atoms. The van der Waals surface area contributed by atoms with Crippen LogP contribution in [0.4, 0.5) is 4.39 Å². The fourth-order valence-electron chi connectivity index (χ4n) is 2.99. The molecule has 2 nitrogen and oxygen atoms in total. The van der Waals surface area contributed by atoms with Crippen molar-refractivity contribution in [3.63, 3.8) is 0 Å². The maximum Gasteiger partial charge on any atom is 0.140 e. The molecule has 128 valence electrons. The molecule has 0 radical (unpaired) electrons. The number of alkyl halides is 1. The number of hydrogen-bond acceptors (Lipinski definition) is 3. The van der Waals surface area contributed by atoms with Gasteiger partial charge in [0, 0.05) is 30.1 Å². The predicted octanol–water partition coefficient (Wildman–Crippen LogP) is 5.35. The van der Waals surface area contributed by atoms with Gasteiger partial charge in [0.25, 0.3) is 0 Å². The number of rotatable bonds is 7. The van der Waals surface area contributed by atoms with Crippen LogP contribution in [0.3, 0.4) is 0 Å². The normalized spacial score (nSPS) is 22.9. The molecule has 1 aliphatic carbocycles. The van der Waals surface area contributed by atoms with E-state index in [1.165, 1.54) is 5.56 Å². The third-order valence-electron chi connectivity index (χ3n) is 4.44. The smallest absolute Gasteiger partial charge is 0.140 e. The summed E-state index contributed by atoms with van der Waals surface area (Å²) in [6.07, 6.45) is 1.02. The molecular formula is C20H23FO2S. The zero-order valence-electron chi connectivity index (χ0n) is 14.1. The van der Waals surface area contributed by atoms with Crippen molar-refractivity contribution in [3.8, 4) is 5.75 Å². The minimum atomic E-state index is -1.21. The van der Waals surface area contributed by atoms with Gasteiger partial charge in [-0.05, 0) is 42.3 Å². The van der Waals surface area contributed by atoms with E-state index in [2.05, 4.69) is 12.1 Å². The van der Waals surface area contributed by atoms with E-state index >= 15 is 0 Å². The first-order valence-electron chi connectivity index (χ1n) is 8.30. The van der Waals surface area contributed by atoms with Crippen LogP contribution in [-0.2, 0) is 16.2 Å². The molecule has 4 heteroatoms. The van der Waals surface area contributed by atoms with E-state index in [9.17, 15) is 4.39 Å². The monoisotopic (exact) mass is 346 g/mol. The summed E-state index contributed by atoms with van der Waals surface area (Å²) in [4.78, 5) is 1.15. The highest BCUT2D eigenvalue weighted by Gasteiger charge is 2.46. The van der Waals surface area contributed by atoms with Crippen LogP contribution in [0.5, 0.6) is 5.75 Å². The molecule has 0 bridgehead atoms. The van der Waals surface area contributed by atoms with Crippen molar-refractivity contribution in [1.29, 1.82) is 0 Å². The molecule has 0 aromatic heterocycles. The highest BCUT2D eigenvalue weighted by molar-refractivity contribution is 7.98. The Morgan fingerprint density at radius 3 is 2.33 bits per heavy atom. The van der Waals surface area contributed by atoms with E-state index in [0.29, 0.717) is 19.4 Å². The van der Waals surface area contributed by atoms with Crippen LogP contribution < -0.4 is 4.74 Å². The average Bonchev–Trinajstić information content (AvgIpc) is 2.59. The van der Waals surface area contributed by atoms with Crippen LogP contribution in [0.2, 0.25) is 0 Å². The summed E-state index contributed by atoms with van der Waals surface area (Å²) in [6, 6.07) is 15.9. The third kappa shape index (κ3) is 3.93. The minimum Gasteiger partial charge on any atom is -0.497 e. The Hall–Kier alpha value is -1.52. The second-order valence-electron chi connectivity index (χ2n) is 6.11. The molecular weight excluding hydrogens is 323 g/mol. The zero-order valence-corrected chi connectivity index (χ0v) is 14.9. The van der Waals surface area contributed by atoms with Crippen molar-refractivity contribution in [2.24, 2.45) is 0 Å². The van der Waals surface area contributed by atoms with Crippen molar-refractivity contribution in [1.82, 2.24) is 0 Å². The lowest BCUT2D eigenvalue weighted by molar-refractivity contribution is -0.0967. The second-order valence-corrected chi connectivity index (χ2v) is 7.16. The molecule has 2 aromatic rings. The number of hydrogen-bond donors (Lipinski definition) is 0. The van der Waals surface area contributed by atoms with Gasteiger partial charge >= 0.3 is 0 Å². The summed E-state index contributed by atoms with van der Waals surface area (Å²) in [6.45, 7) is 2.61. The molecule has 0 heterocycles. The van der Waals surface area contributed by atoms with E-state index in [-0.39, 0.29) is 6.10 Å². The molecule has 0 atom stereocenters. The van der Waals surface area contributed by atoms with E-state index in [1.807, 2.05) is 43.3 Å². The number of methoxy groups -OCH3 is 1. The molecule has 1 saturated carbocycles. The van der Waals surface area contributed by atoms with Gasteiger partial charge in [-0.3, -0.25) is 0 Å². The SMILES string of the molecule is CCO[C@H]1C[C@@](F)(c2ccc(SCc3ccc(OC)cc3)cc2)C1. The first kappa shape index (κ1) is 17.3. The number of ether oxygens (including phenoxy) is 2. The van der Waals surface area contributed by atoms with Gasteiger partial charge in [0.1, 0.15) is 11.4 Å². The molecule has 1 fully saturated rings. The van der Waals surface area contributed by atoms with Crippen molar-refractivity contribution in [2.45, 2.75) is 42.2 Å². The lowest BCUT2D eigenvalue weighted by atomic mass is 9.74. The van der Waals surface area contributed by atoms with E-state index in [0.717, 1.165) is 22.0 Å². The maximum absolute atomic E-state index is 14.8. The topological polar surface area (TPSA) is 18.5 Å². The number of benzene rings is 2. The maximum atomic E-state index is 14.8. The van der Waals surface area contributed by atoms with Gasteiger partial charge in [0.2, 0.25) is 0 Å². The Kier molecular flexibility index (Phi) is 5.47. The van der Waals surface area contributed by atoms with Gasteiger partial charge in [-0.25, -0.2) is 4.39 Å². The molecule has 0 spiro atoms. The van der Waals surface area contributed by atoms with Gasteiger partial charge in [0.15, 0.2) is 0 Å². The summed E-state index contributed by atoms with van der Waals surface area (Å²) in [5, 5.41) is 0. The Morgan fingerprint density at radius 1 is 1.08 bits per heavy atom. The molecule has 0 aliphatic heterocycles. The first-order valence-corrected chi connectivity index (χ1v) is 9.28. The lowest BCUT2D eigenvalue weighted by Crippen LogP contribution is -2.42. The van der Waals surface area contributed by atoms with Crippen molar-refractivity contribution < 1.29 is 13.9 Å². The van der Waals surface area contributed by atoms with Crippen LogP contribution in [0.1, 0.15) is 30.9 Å². The van der Waals surface area contributed by atoms with E-state index < -0.39 is 5.67 Å². The standard InChI is InChI=1S/C20H23FO2S/c1-3-23-18-12-20(21,13-18)16-6-10-19(11-7-16)24-14-15-4-8-17(22-2)9-5-15/h4-11,18H,3,12-14H2,1-2H3/t18-,20-. The summed E-state index contributed by atoms with van der Waals surface area (Å²) in [7, 11) is 1.67. The van der Waals surface area contributed by atoms with Gasteiger partial charge < -0.3 is 9.47 Å². The van der Waals surface area contributed by atoms with Gasteiger partial charge in [0.05, 0.1) is 13.2 Å². The summed E-state index contributed by atoms with van der Waals surface area (Å²) in [5.74, 6) is 1.75. The average molecular weight is 346 g/mol. The Morgan fingerprint density at radius 2 is 1.75 bits per heavy atom. The third-order valence-corrected chi connectivity index (χ3v) is 5.52. The largest absolute Gasteiger partial charge is 0.497 e. The predicted molar refractivity (Wildman–Crippen MR) is 96.4 cm³/mol. The van der Waals surface area contributed by atoms with E-state index in [4.69, 9.17) is 9.47 Å². The molecule has 2 aromatic carbocycles. The summed E-state index contributed by atoms with van der Waals surface area (Å²) in [5.41, 5.74) is 0.802. The van der Waals surface area contributed by atoms with Crippen LogP contribution in [0.15, 0.2) is 53.4 Å². The highest BCUT2D eigenvalue weighted by atomic mass is 32.2. The van der Waals surface area contributed by atoms with E-state index in [1.54, 1.807) is 18.9 Å². The van der Waals surface area contributed by atoms with Gasteiger partial charge in [-0.2, -0.15) is 0 Å². The number of thioether (sulfide) groups is 1. The molecule has 3 rings (SSSR count). The Balaban J connectivity index is 1.55. The zero-order chi connectivity index (χ0) is 17.0. The highest BCUT2D eigenvalue weighted by Crippen LogP contribution is 2.46. The Labute approximate surface area is 147 Å². The van der Waals surface area contributed by atoms with Gasteiger partial charge in [-0.15, -0.1) is 11.8 Å². The molecule has 1 aliphatic rings.